The van der Waals surface area contributed by atoms with Crippen molar-refractivity contribution in [2.75, 3.05) is 19.6 Å². The van der Waals surface area contributed by atoms with Gasteiger partial charge in [-0.05, 0) is 96.5 Å². The van der Waals surface area contributed by atoms with E-state index in [1.165, 1.54) is 48.6 Å². The smallest absolute Gasteiger partial charge is 0.258 e. The van der Waals surface area contributed by atoms with Crippen molar-refractivity contribution in [2.45, 2.75) is 25.7 Å². The van der Waals surface area contributed by atoms with Crippen molar-refractivity contribution < 1.29 is 38.4 Å². The lowest BCUT2D eigenvalue weighted by Crippen LogP contribution is -2.47. The Labute approximate surface area is 355 Å². The van der Waals surface area contributed by atoms with Crippen LogP contribution in [0.15, 0.2) is 170 Å². The minimum atomic E-state index is -0.709. The zero-order valence-electron chi connectivity index (χ0n) is 33.0. The zero-order chi connectivity index (χ0) is 43.2. The van der Waals surface area contributed by atoms with Gasteiger partial charge in [0.05, 0.1) is 22.7 Å². The average molecular weight is 821 g/mol. The van der Waals surface area contributed by atoms with Gasteiger partial charge in [-0.2, -0.15) is 0 Å². The van der Waals surface area contributed by atoms with Gasteiger partial charge < -0.3 is 0 Å². The van der Waals surface area contributed by atoms with Crippen molar-refractivity contribution in [1.29, 1.82) is 0 Å². The monoisotopic (exact) mass is 820 g/mol. The van der Waals surface area contributed by atoms with E-state index in [1.54, 1.807) is 48.5 Å². The van der Waals surface area contributed by atoms with Crippen LogP contribution in [0.3, 0.4) is 0 Å². The van der Waals surface area contributed by atoms with E-state index in [4.69, 9.17) is 0 Å². The van der Waals surface area contributed by atoms with Gasteiger partial charge in [0.2, 0.25) is 0 Å². The van der Waals surface area contributed by atoms with Crippen LogP contribution in [0.1, 0.15) is 22.3 Å². The number of anilines is 4. The van der Waals surface area contributed by atoms with Gasteiger partial charge >= 0.3 is 0 Å². The molecule has 0 unspecified atom stereocenters. The van der Waals surface area contributed by atoms with E-state index in [2.05, 4.69) is 12.2 Å². The maximum Gasteiger partial charge on any atom is 0.258 e. The number of hydrogen-bond acceptors (Lipinski definition) is 8. The molecule has 0 N–H and O–H groups in total. The predicted molar refractivity (Wildman–Crippen MR) is 230 cm³/mol. The van der Waals surface area contributed by atoms with E-state index >= 15 is 0 Å². The van der Waals surface area contributed by atoms with Gasteiger partial charge in [-0.15, -0.1) is 0 Å². The fourth-order valence-corrected chi connectivity index (χ4v) is 9.00. The van der Waals surface area contributed by atoms with Crippen LogP contribution in [0.4, 0.5) is 22.7 Å². The van der Waals surface area contributed by atoms with Crippen molar-refractivity contribution in [3.8, 4) is 0 Å². The Balaban J connectivity index is 1.14. The Morgan fingerprint density at radius 1 is 0.274 bits per heavy atom. The zero-order valence-corrected chi connectivity index (χ0v) is 33.0. The number of nitrogens with zero attached hydrogens (tertiary/aromatic N) is 4. The van der Waals surface area contributed by atoms with E-state index in [0.717, 1.165) is 41.9 Å². The van der Waals surface area contributed by atoms with Crippen molar-refractivity contribution in [2.24, 2.45) is 10.8 Å². The first kappa shape index (κ1) is 39.3. The molecule has 8 amide bonds. The molecular weight excluding hydrogens is 785 g/mol. The predicted octanol–water partition coefficient (Wildman–Crippen LogP) is 5.77. The molecular formula is C50H36N4O8. The van der Waals surface area contributed by atoms with Crippen LogP contribution >= 0.6 is 0 Å². The second-order valence-electron chi connectivity index (χ2n) is 15.8. The lowest BCUT2D eigenvalue weighted by Gasteiger charge is -2.50. The molecule has 9 rings (SSSR count). The molecule has 4 aromatic rings. The Hall–Kier alpha value is -8.12. The Bertz CT molecular complexity index is 2350. The third kappa shape index (κ3) is 7.06. The minimum Gasteiger partial charge on any atom is -0.269 e. The SMILES string of the molecule is O=C1C=CC(=O)N1c1ccc(CC2(Cc3ccc(N4C(=O)C=CC4=O)cc3)C=CC=CC2(Cc2ccc(N3C(=O)C=CC3=O)cc2)Cc2ccc(N3C(=O)C=CC3=O)cc2)cc1. The number of amides is 8. The van der Waals surface area contributed by atoms with Crippen LogP contribution in [-0.2, 0) is 64.0 Å². The number of allylic oxidation sites excluding steroid dienone is 4. The lowest BCUT2D eigenvalue weighted by molar-refractivity contribution is -0.121. The molecule has 5 aliphatic rings. The number of carbonyl (C=O) groups excluding carboxylic acids is 8. The summed E-state index contributed by atoms with van der Waals surface area (Å²) in [6.07, 6.45) is 20.3. The van der Waals surface area contributed by atoms with E-state index in [-0.39, 0.29) is 0 Å². The maximum atomic E-state index is 12.6. The molecule has 0 saturated heterocycles. The highest BCUT2D eigenvalue weighted by Gasteiger charge is 2.49. The highest BCUT2D eigenvalue weighted by molar-refractivity contribution is 6.30. The topological polar surface area (TPSA) is 150 Å². The summed E-state index contributed by atoms with van der Waals surface area (Å²) in [5, 5.41) is 0. The van der Waals surface area contributed by atoms with Gasteiger partial charge in [-0.3, -0.25) is 38.4 Å². The second kappa shape index (κ2) is 15.5. The van der Waals surface area contributed by atoms with E-state index < -0.39 is 58.1 Å². The van der Waals surface area contributed by atoms with Crippen LogP contribution in [0.2, 0.25) is 0 Å². The van der Waals surface area contributed by atoms with Crippen molar-refractivity contribution in [3.05, 3.63) is 192 Å². The number of hydrogen-bond donors (Lipinski definition) is 0. The van der Waals surface area contributed by atoms with Crippen LogP contribution in [0, 0.1) is 10.8 Å². The van der Waals surface area contributed by atoms with Gasteiger partial charge in [0, 0.05) is 59.4 Å². The summed E-state index contributed by atoms with van der Waals surface area (Å²) < 4.78 is 0. The second-order valence-corrected chi connectivity index (χ2v) is 15.8. The van der Waals surface area contributed by atoms with Crippen LogP contribution in [0.5, 0.6) is 0 Å². The largest absolute Gasteiger partial charge is 0.269 e. The first-order chi connectivity index (χ1) is 29.9. The quantitative estimate of drug-likeness (QED) is 0.164. The maximum absolute atomic E-state index is 12.6. The standard InChI is InChI=1S/C50H36N4O8/c55-41-19-20-42(56)51(41)37-11-3-33(4-12-37)29-49(30-34-5-13-38(14-6-34)52-43(57)21-22-44(52)58)27-1-2-28-50(49,31-35-7-15-39(16-8-35)53-45(59)23-24-46(53)60)32-36-9-17-40(18-10-36)54-47(61)25-26-48(54)62/h1-28H,29-32H2. The average Bonchev–Trinajstić information content (AvgIpc) is 4.00. The molecule has 304 valence electrons. The molecule has 4 aliphatic heterocycles. The normalized spacial score (nSPS) is 18.6. The number of imide groups is 4. The Morgan fingerprint density at radius 2 is 0.452 bits per heavy atom. The van der Waals surface area contributed by atoms with E-state index in [0.29, 0.717) is 48.4 Å². The molecule has 0 atom stereocenters. The third-order valence-corrected chi connectivity index (χ3v) is 12.0. The van der Waals surface area contributed by atoms with Gasteiger partial charge in [0.25, 0.3) is 47.3 Å². The third-order valence-electron chi connectivity index (χ3n) is 12.0. The first-order valence-corrected chi connectivity index (χ1v) is 19.9. The van der Waals surface area contributed by atoms with Crippen molar-refractivity contribution in [3.63, 3.8) is 0 Å². The van der Waals surface area contributed by atoms with Crippen LogP contribution in [-0.4, -0.2) is 47.3 Å². The number of carbonyl (C=O) groups is 8. The summed E-state index contributed by atoms with van der Waals surface area (Å²) in [5.41, 5.74) is 4.04. The molecule has 1 aliphatic carbocycles. The molecule has 62 heavy (non-hydrogen) atoms. The van der Waals surface area contributed by atoms with Crippen molar-refractivity contribution >= 4 is 70.0 Å². The summed E-state index contributed by atoms with van der Waals surface area (Å²) in [7, 11) is 0. The molecule has 12 nitrogen and oxygen atoms in total. The Morgan fingerprint density at radius 3 is 0.629 bits per heavy atom. The highest BCUT2D eigenvalue weighted by atomic mass is 16.2. The molecule has 12 heteroatoms. The molecule has 0 radical (unpaired) electrons. The molecule has 0 fully saturated rings. The summed E-state index contributed by atoms with van der Waals surface area (Å²) in [6, 6.07) is 29.3. The first-order valence-electron chi connectivity index (χ1n) is 19.9. The van der Waals surface area contributed by atoms with E-state index in [9.17, 15) is 38.4 Å². The molecule has 4 aromatic carbocycles. The van der Waals surface area contributed by atoms with E-state index in [1.807, 2.05) is 60.7 Å². The molecule has 4 heterocycles. The summed E-state index contributed by atoms with van der Waals surface area (Å²) >= 11 is 0. The summed E-state index contributed by atoms with van der Waals surface area (Å²) in [4.78, 5) is 105. The Kier molecular flexibility index (Phi) is 9.83. The van der Waals surface area contributed by atoms with Gasteiger partial charge in [-0.25, -0.2) is 19.6 Å². The molecule has 0 saturated carbocycles. The fraction of sp³-hybridized carbons (Fsp3) is 0.120. The summed E-state index contributed by atoms with van der Waals surface area (Å²) in [5.74, 6) is -3.36. The van der Waals surface area contributed by atoms with Gasteiger partial charge in [0.15, 0.2) is 0 Å². The van der Waals surface area contributed by atoms with Crippen LogP contribution < -0.4 is 19.6 Å². The van der Waals surface area contributed by atoms with Crippen molar-refractivity contribution in [1.82, 2.24) is 0 Å². The summed E-state index contributed by atoms with van der Waals surface area (Å²) in [6.45, 7) is 0. The van der Waals surface area contributed by atoms with Crippen LogP contribution in [0.25, 0.3) is 0 Å². The number of rotatable bonds is 12. The molecule has 0 spiro atoms. The fourth-order valence-electron chi connectivity index (χ4n) is 9.00. The minimum absolute atomic E-state index is 0.420. The molecule has 0 bridgehead atoms. The van der Waals surface area contributed by atoms with Gasteiger partial charge in [-0.1, -0.05) is 72.8 Å². The molecule has 0 aromatic heterocycles. The van der Waals surface area contributed by atoms with Gasteiger partial charge in [0.1, 0.15) is 0 Å². The highest BCUT2D eigenvalue weighted by Crippen LogP contribution is 2.53. The number of benzene rings is 4. The lowest BCUT2D eigenvalue weighted by atomic mass is 9.52.